The molecule has 0 fully saturated rings. The third-order valence-corrected chi connectivity index (χ3v) is 4.46. The second kappa shape index (κ2) is 6.64. The molecule has 6 nitrogen and oxygen atoms in total. The Labute approximate surface area is 128 Å². The Morgan fingerprint density at radius 1 is 1.52 bits per heavy atom. The minimum absolute atomic E-state index is 0.165. The van der Waals surface area contributed by atoms with Gasteiger partial charge in [0.1, 0.15) is 5.92 Å². The van der Waals surface area contributed by atoms with Gasteiger partial charge in [-0.15, -0.1) is 0 Å². The van der Waals surface area contributed by atoms with Crippen molar-refractivity contribution in [3.8, 4) is 12.1 Å². The van der Waals surface area contributed by atoms with Gasteiger partial charge in [0, 0.05) is 12.0 Å². The molecule has 0 bridgehead atoms. The highest BCUT2D eigenvalue weighted by molar-refractivity contribution is 8.04. The number of allylic oxidation sites excluding steroid dienone is 1. The number of hydrogen-bond donors (Lipinski definition) is 2. The smallest absolute Gasteiger partial charge is 0.243 e. The molecule has 0 radical (unpaired) electrons. The first kappa shape index (κ1) is 17.1. The molecule has 21 heavy (non-hydrogen) atoms. The monoisotopic (exact) mass is 306 g/mol. The summed E-state index contributed by atoms with van der Waals surface area (Å²) < 4.78 is 0. The molecule has 0 aromatic heterocycles. The number of hydrogen-bond acceptors (Lipinski definition) is 5. The SMILES string of the molecule is CCNC(=O)[C@@H](C)SC1=C(C#N)C(C)(C)[C@@H](C#N)C(=O)N1. The first-order valence-corrected chi connectivity index (χ1v) is 7.47. The normalized spacial score (nSPS) is 21.8. The predicted molar refractivity (Wildman–Crippen MR) is 79.4 cm³/mol. The van der Waals surface area contributed by atoms with Gasteiger partial charge in [-0.3, -0.25) is 9.59 Å². The second-order valence-electron chi connectivity index (χ2n) is 5.24. The molecule has 0 aromatic rings. The van der Waals surface area contributed by atoms with Crippen LogP contribution in [0.3, 0.4) is 0 Å². The molecular weight excluding hydrogens is 288 g/mol. The lowest BCUT2D eigenvalue weighted by Crippen LogP contribution is -2.45. The molecule has 7 heteroatoms. The maximum Gasteiger partial charge on any atom is 0.243 e. The van der Waals surface area contributed by atoms with Crippen molar-refractivity contribution in [2.24, 2.45) is 11.3 Å². The molecule has 0 aliphatic carbocycles. The number of amides is 2. The van der Waals surface area contributed by atoms with Crippen LogP contribution in [0.4, 0.5) is 0 Å². The van der Waals surface area contributed by atoms with E-state index in [2.05, 4.69) is 16.7 Å². The zero-order valence-electron chi connectivity index (χ0n) is 12.5. The highest BCUT2D eigenvalue weighted by Gasteiger charge is 2.45. The summed E-state index contributed by atoms with van der Waals surface area (Å²) in [4.78, 5) is 23.8. The summed E-state index contributed by atoms with van der Waals surface area (Å²) in [5, 5.41) is 23.7. The van der Waals surface area contributed by atoms with Gasteiger partial charge in [0.2, 0.25) is 11.8 Å². The lowest BCUT2D eigenvalue weighted by molar-refractivity contribution is -0.125. The van der Waals surface area contributed by atoms with Crippen LogP contribution in [0.15, 0.2) is 10.6 Å². The largest absolute Gasteiger partial charge is 0.355 e. The fourth-order valence-electron chi connectivity index (χ4n) is 2.06. The van der Waals surface area contributed by atoms with Gasteiger partial charge in [-0.05, 0) is 13.8 Å². The molecule has 1 aliphatic rings. The van der Waals surface area contributed by atoms with Gasteiger partial charge >= 0.3 is 0 Å². The quantitative estimate of drug-likeness (QED) is 0.813. The number of carbonyl (C=O) groups excluding carboxylic acids is 2. The van der Waals surface area contributed by atoms with Gasteiger partial charge in [-0.1, -0.05) is 25.6 Å². The number of nitrogens with zero attached hydrogens (tertiary/aromatic N) is 2. The van der Waals surface area contributed by atoms with Crippen LogP contribution in [0.5, 0.6) is 0 Å². The minimum atomic E-state index is -0.920. The van der Waals surface area contributed by atoms with E-state index in [0.29, 0.717) is 17.1 Å². The lowest BCUT2D eigenvalue weighted by atomic mass is 9.72. The molecule has 0 aromatic carbocycles. The number of carbonyl (C=O) groups is 2. The maximum atomic E-state index is 12.0. The summed E-state index contributed by atoms with van der Waals surface area (Å²) in [6.45, 7) is 7.42. The molecule has 0 unspecified atom stereocenters. The van der Waals surface area contributed by atoms with Gasteiger partial charge in [-0.2, -0.15) is 10.5 Å². The minimum Gasteiger partial charge on any atom is -0.355 e. The van der Waals surface area contributed by atoms with Crippen molar-refractivity contribution in [1.29, 1.82) is 10.5 Å². The topological polar surface area (TPSA) is 106 Å². The van der Waals surface area contributed by atoms with Crippen molar-refractivity contribution in [3.63, 3.8) is 0 Å². The van der Waals surface area contributed by atoms with Crippen molar-refractivity contribution in [2.75, 3.05) is 6.54 Å². The van der Waals surface area contributed by atoms with Crippen LogP contribution in [0.25, 0.3) is 0 Å². The van der Waals surface area contributed by atoms with Crippen LogP contribution in [-0.4, -0.2) is 23.6 Å². The molecule has 1 aliphatic heterocycles. The van der Waals surface area contributed by atoms with Crippen LogP contribution in [-0.2, 0) is 9.59 Å². The average molecular weight is 306 g/mol. The molecule has 0 saturated heterocycles. The van der Waals surface area contributed by atoms with E-state index in [-0.39, 0.29) is 5.91 Å². The predicted octanol–water partition coefficient (Wildman–Crippen LogP) is 1.28. The van der Waals surface area contributed by atoms with E-state index in [1.54, 1.807) is 20.8 Å². The third-order valence-electron chi connectivity index (χ3n) is 3.35. The van der Waals surface area contributed by atoms with E-state index < -0.39 is 22.5 Å². The maximum absolute atomic E-state index is 12.0. The van der Waals surface area contributed by atoms with E-state index in [4.69, 9.17) is 5.26 Å². The van der Waals surface area contributed by atoms with E-state index in [9.17, 15) is 14.9 Å². The Hall–Kier alpha value is -1.99. The average Bonchev–Trinajstić information content (AvgIpc) is 2.38. The lowest BCUT2D eigenvalue weighted by Gasteiger charge is -2.35. The van der Waals surface area contributed by atoms with E-state index in [1.807, 2.05) is 13.0 Å². The van der Waals surface area contributed by atoms with Crippen molar-refractivity contribution >= 4 is 23.6 Å². The van der Waals surface area contributed by atoms with E-state index >= 15 is 0 Å². The Morgan fingerprint density at radius 2 is 2.14 bits per heavy atom. The highest BCUT2D eigenvalue weighted by Crippen LogP contribution is 2.42. The fraction of sp³-hybridized carbons (Fsp3) is 0.571. The van der Waals surface area contributed by atoms with Crippen molar-refractivity contribution in [2.45, 2.75) is 32.9 Å². The zero-order chi connectivity index (χ0) is 16.2. The molecule has 112 valence electrons. The molecular formula is C14H18N4O2S. The number of nitrogens with one attached hydrogen (secondary N) is 2. The standard InChI is InChI=1S/C14H18N4O2S/c1-5-17-11(19)8(2)21-13-10(7-16)14(3,4)9(6-15)12(20)18-13/h8-9H,5H2,1-4H3,(H,17,19)(H,18,20)/t8-,9+/m1/s1. The van der Waals surface area contributed by atoms with Crippen LogP contribution in [0.1, 0.15) is 27.7 Å². The van der Waals surface area contributed by atoms with E-state index in [1.165, 1.54) is 0 Å². The number of rotatable bonds is 4. The summed E-state index contributed by atoms with van der Waals surface area (Å²) in [5.41, 5.74) is -0.551. The Morgan fingerprint density at radius 3 is 2.62 bits per heavy atom. The summed E-state index contributed by atoms with van der Waals surface area (Å²) in [6.07, 6.45) is 0. The van der Waals surface area contributed by atoms with Crippen LogP contribution in [0.2, 0.25) is 0 Å². The van der Waals surface area contributed by atoms with Crippen molar-refractivity contribution < 1.29 is 9.59 Å². The summed E-state index contributed by atoms with van der Waals surface area (Å²) in [6, 6.07) is 4.01. The summed E-state index contributed by atoms with van der Waals surface area (Å²) in [7, 11) is 0. The van der Waals surface area contributed by atoms with Crippen molar-refractivity contribution in [3.05, 3.63) is 10.6 Å². The van der Waals surface area contributed by atoms with Crippen LogP contribution >= 0.6 is 11.8 Å². The molecule has 1 rings (SSSR count). The van der Waals surface area contributed by atoms with Gasteiger partial charge < -0.3 is 10.6 Å². The second-order valence-corrected chi connectivity index (χ2v) is 6.59. The molecule has 2 atom stereocenters. The van der Waals surface area contributed by atoms with Crippen molar-refractivity contribution in [1.82, 2.24) is 10.6 Å². The molecule has 2 amide bonds. The number of thioether (sulfide) groups is 1. The molecule has 0 saturated carbocycles. The summed E-state index contributed by atoms with van der Waals surface area (Å²) in [5.74, 6) is -1.52. The van der Waals surface area contributed by atoms with Gasteiger partial charge in [-0.25, -0.2) is 0 Å². The zero-order valence-corrected chi connectivity index (χ0v) is 13.3. The first-order chi connectivity index (χ1) is 9.79. The molecule has 0 spiro atoms. The Bertz CT molecular complexity index is 569. The first-order valence-electron chi connectivity index (χ1n) is 6.59. The Kier molecular flexibility index (Phi) is 5.40. The molecule has 1 heterocycles. The fourth-order valence-corrected chi connectivity index (χ4v) is 3.19. The Balaban J connectivity index is 3.13. The van der Waals surface area contributed by atoms with Gasteiger partial charge in [0.25, 0.3) is 0 Å². The van der Waals surface area contributed by atoms with Crippen LogP contribution in [0, 0.1) is 34.0 Å². The van der Waals surface area contributed by atoms with Gasteiger partial charge in [0.05, 0.1) is 28.0 Å². The molecule has 2 N–H and O–H groups in total. The highest BCUT2D eigenvalue weighted by atomic mass is 32.2. The van der Waals surface area contributed by atoms with E-state index in [0.717, 1.165) is 11.8 Å². The number of nitriles is 2. The third kappa shape index (κ3) is 3.37. The van der Waals surface area contributed by atoms with Crippen LogP contribution < -0.4 is 10.6 Å². The summed E-state index contributed by atoms with van der Waals surface area (Å²) >= 11 is 1.12. The van der Waals surface area contributed by atoms with Gasteiger partial charge in [0.15, 0.2) is 0 Å².